The molecule has 1 fully saturated rings. The Balaban J connectivity index is 1.56. The van der Waals surface area contributed by atoms with Crippen molar-refractivity contribution in [3.8, 4) is 5.75 Å². The van der Waals surface area contributed by atoms with E-state index in [9.17, 15) is 14.3 Å². The smallest absolute Gasteiger partial charge is 0.260 e. The van der Waals surface area contributed by atoms with Crippen LogP contribution in [-0.4, -0.2) is 41.7 Å². The predicted octanol–water partition coefficient (Wildman–Crippen LogP) is 2.97. The van der Waals surface area contributed by atoms with Crippen LogP contribution in [0.25, 0.3) is 0 Å². The van der Waals surface area contributed by atoms with Crippen molar-refractivity contribution in [3.05, 3.63) is 65.5 Å². The van der Waals surface area contributed by atoms with E-state index in [1.807, 2.05) is 37.3 Å². The molecule has 0 aliphatic carbocycles. The molecule has 0 saturated carbocycles. The molecule has 26 heavy (non-hydrogen) atoms. The maximum absolute atomic E-state index is 13.4. The molecule has 0 bridgehead atoms. The molecule has 1 aliphatic rings. The lowest BCUT2D eigenvalue weighted by molar-refractivity contribution is -0.137. The number of rotatable bonds is 5. The molecule has 3 rings (SSSR count). The van der Waals surface area contributed by atoms with Gasteiger partial charge in [0, 0.05) is 19.0 Å². The first-order chi connectivity index (χ1) is 12.5. The van der Waals surface area contributed by atoms with Crippen LogP contribution in [0.3, 0.4) is 0 Å². The molecule has 138 valence electrons. The van der Waals surface area contributed by atoms with Crippen molar-refractivity contribution in [2.45, 2.75) is 25.9 Å². The number of carbonyl (C=O) groups excluding carboxylic acids is 1. The molecule has 0 unspecified atom stereocenters. The van der Waals surface area contributed by atoms with E-state index in [0.29, 0.717) is 31.7 Å². The van der Waals surface area contributed by atoms with Crippen LogP contribution in [0.15, 0.2) is 48.5 Å². The number of aliphatic hydroxyl groups excluding tert-OH is 1. The van der Waals surface area contributed by atoms with E-state index in [2.05, 4.69) is 0 Å². The largest absolute Gasteiger partial charge is 0.484 e. The van der Waals surface area contributed by atoms with E-state index in [1.165, 1.54) is 12.1 Å². The second kappa shape index (κ2) is 8.32. The molecule has 1 amide bonds. The van der Waals surface area contributed by atoms with Crippen LogP contribution in [0.1, 0.15) is 17.5 Å². The Morgan fingerprint density at radius 2 is 2.04 bits per heavy atom. The van der Waals surface area contributed by atoms with Crippen molar-refractivity contribution in [1.82, 2.24) is 4.90 Å². The topological polar surface area (TPSA) is 49.8 Å². The summed E-state index contributed by atoms with van der Waals surface area (Å²) in [5.74, 6) is 0.181. The lowest BCUT2D eigenvalue weighted by atomic mass is 9.88. The highest BCUT2D eigenvalue weighted by atomic mass is 19.1. The average molecular weight is 357 g/mol. The highest BCUT2D eigenvalue weighted by Crippen LogP contribution is 2.22. The Kier molecular flexibility index (Phi) is 5.89. The predicted molar refractivity (Wildman–Crippen MR) is 97.5 cm³/mol. The average Bonchev–Trinajstić information content (AvgIpc) is 2.63. The Hall–Kier alpha value is -2.40. The zero-order chi connectivity index (χ0) is 18.5. The Morgan fingerprint density at radius 3 is 2.77 bits per heavy atom. The standard InChI is InChI=1S/C21H24FNO3/c1-15-5-7-19(8-6-15)26-14-21(25)23-10-9-20(24)17(13-23)11-16-3-2-4-18(22)12-16/h2-8,12,17,20,24H,9-11,13-14H2,1H3/t17-,20-/m1/s1. The van der Waals surface area contributed by atoms with Gasteiger partial charge >= 0.3 is 0 Å². The number of aryl methyl sites for hydroxylation is 1. The molecule has 0 radical (unpaired) electrons. The summed E-state index contributed by atoms with van der Waals surface area (Å²) >= 11 is 0. The molecular formula is C21H24FNO3. The van der Waals surface area contributed by atoms with E-state index < -0.39 is 6.10 Å². The van der Waals surface area contributed by atoms with E-state index in [-0.39, 0.29) is 24.2 Å². The van der Waals surface area contributed by atoms with Crippen LogP contribution in [0.5, 0.6) is 5.75 Å². The molecule has 1 heterocycles. The first kappa shape index (κ1) is 18.4. The summed E-state index contributed by atoms with van der Waals surface area (Å²) in [6, 6.07) is 13.9. The summed E-state index contributed by atoms with van der Waals surface area (Å²) in [4.78, 5) is 14.2. The molecule has 2 aromatic rings. The summed E-state index contributed by atoms with van der Waals surface area (Å²) in [7, 11) is 0. The van der Waals surface area contributed by atoms with Crippen molar-refractivity contribution in [2.24, 2.45) is 5.92 Å². The van der Waals surface area contributed by atoms with Gasteiger partial charge < -0.3 is 14.7 Å². The Bertz CT molecular complexity index is 747. The third-order valence-electron chi connectivity index (χ3n) is 4.82. The lowest BCUT2D eigenvalue weighted by Crippen LogP contribution is -2.48. The summed E-state index contributed by atoms with van der Waals surface area (Å²) in [6.07, 6.45) is 0.581. The fraction of sp³-hybridized carbons (Fsp3) is 0.381. The normalized spacial score (nSPS) is 20.0. The van der Waals surface area contributed by atoms with E-state index in [4.69, 9.17) is 4.74 Å². The maximum atomic E-state index is 13.4. The number of ether oxygens (including phenoxy) is 1. The Morgan fingerprint density at radius 1 is 1.27 bits per heavy atom. The van der Waals surface area contributed by atoms with Gasteiger partial charge in [-0.15, -0.1) is 0 Å². The lowest BCUT2D eigenvalue weighted by Gasteiger charge is -2.36. The maximum Gasteiger partial charge on any atom is 0.260 e. The van der Waals surface area contributed by atoms with Gasteiger partial charge in [0.05, 0.1) is 6.10 Å². The van der Waals surface area contributed by atoms with Gasteiger partial charge in [0.25, 0.3) is 5.91 Å². The summed E-state index contributed by atoms with van der Waals surface area (Å²) in [5, 5.41) is 10.3. The first-order valence-electron chi connectivity index (χ1n) is 8.91. The number of hydrogen-bond donors (Lipinski definition) is 1. The number of amides is 1. The zero-order valence-corrected chi connectivity index (χ0v) is 14.9. The van der Waals surface area contributed by atoms with Gasteiger partial charge in [0.15, 0.2) is 6.61 Å². The first-order valence-corrected chi connectivity index (χ1v) is 8.91. The van der Waals surface area contributed by atoms with Crippen molar-refractivity contribution < 1.29 is 19.0 Å². The van der Waals surface area contributed by atoms with Crippen molar-refractivity contribution >= 4 is 5.91 Å². The number of halogens is 1. The minimum absolute atomic E-state index is 0.0220. The van der Waals surface area contributed by atoms with E-state index in [0.717, 1.165) is 11.1 Å². The van der Waals surface area contributed by atoms with Crippen LogP contribution < -0.4 is 4.74 Å². The summed E-state index contributed by atoms with van der Waals surface area (Å²) < 4.78 is 18.9. The van der Waals surface area contributed by atoms with Gasteiger partial charge in [0.2, 0.25) is 0 Å². The van der Waals surface area contributed by atoms with Gasteiger partial charge in [-0.1, -0.05) is 29.8 Å². The van der Waals surface area contributed by atoms with Crippen molar-refractivity contribution in [1.29, 1.82) is 0 Å². The van der Waals surface area contributed by atoms with Gasteiger partial charge in [-0.3, -0.25) is 4.79 Å². The summed E-state index contributed by atoms with van der Waals surface area (Å²) in [6.45, 7) is 2.93. The second-order valence-electron chi connectivity index (χ2n) is 6.89. The second-order valence-corrected chi connectivity index (χ2v) is 6.89. The SMILES string of the molecule is Cc1ccc(OCC(=O)N2CC[C@@H](O)[C@H](Cc3cccc(F)c3)C2)cc1. The molecule has 5 heteroatoms. The van der Waals surface area contributed by atoms with Crippen LogP contribution in [0, 0.1) is 18.7 Å². The van der Waals surface area contributed by atoms with Crippen LogP contribution in [0.4, 0.5) is 4.39 Å². The molecule has 2 atom stereocenters. The molecule has 2 aromatic carbocycles. The number of benzene rings is 2. The highest BCUT2D eigenvalue weighted by Gasteiger charge is 2.30. The van der Waals surface area contributed by atoms with E-state index >= 15 is 0 Å². The monoisotopic (exact) mass is 357 g/mol. The molecule has 1 aliphatic heterocycles. The van der Waals surface area contributed by atoms with Gasteiger partial charge in [0.1, 0.15) is 11.6 Å². The van der Waals surface area contributed by atoms with Gasteiger partial charge in [-0.2, -0.15) is 0 Å². The number of aliphatic hydroxyl groups is 1. The quantitative estimate of drug-likeness (QED) is 0.895. The number of likely N-dealkylation sites (tertiary alicyclic amines) is 1. The number of nitrogens with zero attached hydrogens (tertiary/aromatic N) is 1. The van der Waals surface area contributed by atoms with Crippen molar-refractivity contribution in [3.63, 3.8) is 0 Å². The van der Waals surface area contributed by atoms with Crippen LogP contribution >= 0.6 is 0 Å². The summed E-state index contributed by atoms with van der Waals surface area (Å²) in [5.41, 5.74) is 1.97. The fourth-order valence-electron chi connectivity index (χ4n) is 3.28. The molecule has 1 saturated heterocycles. The molecule has 0 spiro atoms. The molecule has 1 N–H and O–H groups in total. The highest BCUT2D eigenvalue weighted by molar-refractivity contribution is 5.77. The van der Waals surface area contributed by atoms with Crippen molar-refractivity contribution in [2.75, 3.05) is 19.7 Å². The number of carbonyl (C=O) groups is 1. The molecule has 4 nitrogen and oxygen atoms in total. The third kappa shape index (κ3) is 4.82. The minimum atomic E-state index is -0.486. The van der Waals surface area contributed by atoms with Gasteiger partial charge in [-0.25, -0.2) is 4.39 Å². The minimum Gasteiger partial charge on any atom is -0.484 e. The van der Waals surface area contributed by atoms with Gasteiger partial charge in [-0.05, 0) is 49.6 Å². The number of piperidine rings is 1. The van der Waals surface area contributed by atoms with Crippen LogP contribution in [0.2, 0.25) is 0 Å². The zero-order valence-electron chi connectivity index (χ0n) is 14.9. The number of hydrogen-bond acceptors (Lipinski definition) is 3. The van der Waals surface area contributed by atoms with E-state index in [1.54, 1.807) is 11.0 Å². The molecule has 0 aromatic heterocycles. The molecular weight excluding hydrogens is 333 g/mol. The third-order valence-corrected chi connectivity index (χ3v) is 4.82. The van der Waals surface area contributed by atoms with Crippen LogP contribution in [-0.2, 0) is 11.2 Å². The fourth-order valence-corrected chi connectivity index (χ4v) is 3.28. The Labute approximate surface area is 153 Å².